The molecule has 4 heteroatoms. The second kappa shape index (κ2) is 5.47. The largest absolute Gasteiger partial charge is 0.381 e. The van der Waals surface area contributed by atoms with E-state index in [1.807, 2.05) is 0 Å². The average Bonchev–Trinajstić information content (AvgIpc) is 2.18. The topological polar surface area (TPSA) is 41.6 Å². The molecule has 1 N–H and O–H groups in total. The molecule has 1 rings (SSSR count). The van der Waals surface area contributed by atoms with Gasteiger partial charge in [0.2, 0.25) is 5.91 Å². The number of rotatable bonds is 4. The van der Waals surface area contributed by atoms with Crippen molar-refractivity contribution >= 4 is 5.91 Å². The summed E-state index contributed by atoms with van der Waals surface area (Å²) in [7, 11) is 3.58. The Bertz CT molecular complexity index is 211. The van der Waals surface area contributed by atoms with Crippen molar-refractivity contribution in [1.82, 2.24) is 10.2 Å². The predicted octanol–water partition coefficient (Wildman–Crippen LogP) is 0.623. The van der Waals surface area contributed by atoms with Crippen LogP contribution in [0.4, 0.5) is 0 Å². The molecule has 1 heterocycles. The normalized spacial score (nSPS) is 19.9. The first-order valence-corrected chi connectivity index (χ1v) is 5.56. The van der Waals surface area contributed by atoms with Crippen LogP contribution in [0.2, 0.25) is 0 Å². The number of amides is 1. The number of nitrogens with zero attached hydrogens (tertiary/aromatic N) is 1. The quantitative estimate of drug-likeness (QED) is 0.746. The van der Waals surface area contributed by atoms with Gasteiger partial charge >= 0.3 is 0 Å². The lowest BCUT2D eigenvalue weighted by Gasteiger charge is -2.34. The van der Waals surface area contributed by atoms with Crippen molar-refractivity contribution in [3.8, 4) is 0 Å². The highest BCUT2D eigenvalue weighted by atomic mass is 16.5. The molecular weight excluding hydrogens is 192 g/mol. The molecule has 0 aromatic carbocycles. The molecule has 0 saturated carbocycles. The molecule has 4 nitrogen and oxygen atoms in total. The van der Waals surface area contributed by atoms with E-state index >= 15 is 0 Å². The monoisotopic (exact) mass is 214 g/mol. The lowest BCUT2D eigenvalue weighted by Crippen LogP contribution is -2.47. The average molecular weight is 214 g/mol. The SMILES string of the molecule is CN(C)C(=O)CCNC1(C)CCOCC1. The Morgan fingerprint density at radius 1 is 1.40 bits per heavy atom. The van der Waals surface area contributed by atoms with Gasteiger partial charge in [-0.25, -0.2) is 0 Å². The molecule has 1 aliphatic rings. The smallest absolute Gasteiger partial charge is 0.223 e. The third kappa shape index (κ3) is 4.18. The Morgan fingerprint density at radius 3 is 2.53 bits per heavy atom. The summed E-state index contributed by atoms with van der Waals surface area (Å²) >= 11 is 0. The van der Waals surface area contributed by atoms with Gasteiger partial charge in [0.15, 0.2) is 0 Å². The molecule has 0 unspecified atom stereocenters. The van der Waals surface area contributed by atoms with Crippen molar-refractivity contribution in [2.45, 2.75) is 31.7 Å². The molecule has 1 aliphatic heterocycles. The molecule has 1 fully saturated rings. The number of carbonyl (C=O) groups is 1. The fourth-order valence-electron chi connectivity index (χ4n) is 1.69. The number of hydrogen-bond acceptors (Lipinski definition) is 3. The minimum absolute atomic E-state index is 0.158. The zero-order valence-electron chi connectivity index (χ0n) is 10.0. The maximum atomic E-state index is 11.4. The van der Waals surface area contributed by atoms with Gasteiger partial charge < -0.3 is 15.0 Å². The lowest BCUT2D eigenvalue weighted by atomic mass is 9.92. The van der Waals surface area contributed by atoms with E-state index < -0.39 is 0 Å². The van der Waals surface area contributed by atoms with Crippen LogP contribution < -0.4 is 5.32 Å². The maximum absolute atomic E-state index is 11.4. The molecule has 0 radical (unpaired) electrons. The molecule has 0 aliphatic carbocycles. The van der Waals surface area contributed by atoms with Gasteiger partial charge in [0.1, 0.15) is 0 Å². The fraction of sp³-hybridized carbons (Fsp3) is 0.909. The van der Waals surface area contributed by atoms with Gasteiger partial charge in [0, 0.05) is 45.8 Å². The van der Waals surface area contributed by atoms with Crippen LogP contribution in [0.25, 0.3) is 0 Å². The van der Waals surface area contributed by atoms with Crippen molar-refractivity contribution in [3.63, 3.8) is 0 Å². The van der Waals surface area contributed by atoms with E-state index in [1.54, 1.807) is 19.0 Å². The Hall–Kier alpha value is -0.610. The summed E-state index contributed by atoms with van der Waals surface area (Å²) in [4.78, 5) is 13.0. The fourth-order valence-corrected chi connectivity index (χ4v) is 1.69. The number of ether oxygens (including phenoxy) is 1. The standard InChI is InChI=1S/C11H22N2O2/c1-11(5-8-15-9-6-11)12-7-4-10(14)13(2)3/h12H,4-9H2,1-3H3. The molecule has 1 saturated heterocycles. The summed E-state index contributed by atoms with van der Waals surface area (Å²) in [5.41, 5.74) is 0.158. The Balaban J connectivity index is 2.21. The summed E-state index contributed by atoms with van der Waals surface area (Å²) < 4.78 is 5.32. The summed E-state index contributed by atoms with van der Waals surface area (Å²) in [6, 6.07) is 0. The third-order valence-corrected chi connectivity index (χ3v) is 2.99. The van der Waals surface area contributed by atoms with Gasteiger partial charge in [-0.1, -0.05) is 0 Å². The lowest BCUT2D eigenvalue weighted by molar-refractivity contribution is -0.128. The second-order valence-electron chi connectivity index (χ2n) is 4.64. The highest BCUT2D eigenvalue weighted by Crippen LogP contribution is 2.19. The van der Waals surface area contributed by atoms with Crippen LogP contribution in [0.1, 0.15) is 26.2 Å². The summed E-state index contributed by atoms with van der Waals surface area (Å²) in [6.45, 7) is 4.61. The van der Waals surface area contributed by atoms with Crippen LogP contribution in [0, 0.1) is 0 Å². The minimum Gasteiger partial charge on any atom is -0.381 e. The van der Waals surface area contributed by atoms with Crippen LogP contribution in [-0.2, 0) is 9.53 Å². The number of nitrogens with one attached hydrogen (secondary N) is 1. The molecule has 0 bridgehead atoms. The minimum atomic E-state index is 0.158. The summed E-state index contributed by atoms with van der Waals surface area (Å²) in [6.07, 6.45) is 2.63. The highest BCUT2D eigenvalue weighted by molar-refractivity contribution is 5.75. The molecule has 88 valence electrons. The maximum Gasteiger partial charge on any atom is 0.223 e. The zero-order valence-corrected chi connectivity index (χ0v) is 10.0. The van der Waals surface area contributed by atoms with E-state index in [4.69, 9.17) is 4.74 Å². The van der Waals surface area contributed by atoms with Gasteiger partial charge in [-0.2, -0.15) is 0 Å². The highest BCUT2D eigenvalue weighted by Gasteiger charge is 2.26. The molecule has 0 aromatic heterocycles. The van der Waals surface area contributed by atoms with Gasteiger partial charge in [-0.05, 0) is 19.8 Å². The zero-order chi connectivity index (χ0) is 11.3. The Labute approximate surface area is 92.0 Å². The number of hydrogen-bond donors (Lipinski definition) is 1. The Kier molecular flexibility index (Phi) is 4.54. The first-order valence-electron chi connectivity index (χ1n) is 5.56. The molecule has 0 spiro atoms. The van der Waals surface area contributed by atoms with Crippen LogP contribution in [-0.4, -0.2) is 50.2 Å². The van der Waals surface area contributed by atoms with Crippen molar-refractivity contribution in [2.75, 3.05) is 33.9 Å². The van der Waals surface area contributed by atoms with Crippen molar-refractivity contribution in [3.05, 3.63) is 0 Å². The van der Waals surface area contributed by atoms with Gasteiger partial charge in [0.05, 0.1) is 0 Å². The second-order valence-corrected chi connectivity index (χ2v) is 4.64. The molecule has 15 heavy (non-hydrogen) atoms. The first kappa shape index (κ1) is 12.5. The molecule has 1 amide bonds. The Morgan fingerprint density at radius 2 is 2.00 bits per heavy atom. The first-order chi connectivity index (χ1) is 7.03. The van der Waals surface area contributed by atoms with Crippen LogP contribution in [0.5, 0.6) is 0 Å². The molecular formula is C11H22N2O2. The van der Waals surface area contributed by atoms with E-state index in [0.29, 0.717) is 6.42 Å². The van der Waals surface area contributed by atoms with Crippen LogP contribution in [0.15, 0.2) is 0 Å². The van der Waals surface area contributed by atoms with Crippen molar-refractivity contribution < 1.29 is 9.53 Å². The summed E-state index contributed by atoms with van der Waals surface area (Å²) in [5, 5.41) is 3.46. The third-order valence-electron chi connectivity index (χ3n) is 2.99. The van der Waals surface area contributed by atoms with E-state index in [-0.39, 0.29) is 11.4 Å². The van der Waals surface area contributed by atoms with Crippen LogP contribution >= 0.6 is 0 Å². The van der Waals surface area contributed by atoms with Gasteiger partial charge in [-0.3, -0.25) is 4.79 Å². The molecule has 0 aromatic rings. The van der Waals surface area contributed by atoms with E-state index in [1.165, 1.54) is 0 Å². The number of carbonyl (C=O) groups excluding carboxylic acids is 1. The van der Waals surface area contributed by atoms with Crippen molar-refractivity contribution in [1.29, 1.82) is 0 Å². The van der Waals surface area contributed by atoms with Crippen LogP contribution in [0.3, 0.4) is 0 Å². The summed E-state index contributed by atoms with van der Waals surface area (Å²) in [5.74, 6) is 0.179. The van der Waals surface area contributed by atoms with E-state index in [2.05, 4.69) is 12.2 Å². The van der Waals surface area contributed by atoms with Gasteiger partial charge in [-0.15, -0.1) is 0 Å². The van der Waals surface area contributed by atoms with Crippen molar-refractivity contribution in [2.24, 2.45) is 0 Å². The molecule has 0 atom stereocenters. The van der Waals surface area contributed by atoms with Gasteiger partial charge in [0.25, 0.3) is 0 Å². The van der Waals surface area contributed by atoms with E-state index in [9.17, 15) is 4.79 Å². The van der Waals surface area contributed by atoms with E-state index in [0.717, 1.165) is 32.6 Å². The predicted molar refractivity (Wildman–Crippen MR) is 59.8 cm³/mol.